The summed E-state index contributed by atoms with van der Waals surface area (Å²) in [6, 6.07) is 74.1. The van der Waals surface area contributed by atoms with E-state index in [0.29, 0.717) is 0 Å². The van der Waals surface area contributed by atoms with E-state index in [1.165, 1.54) is 88.7 Å². The van der Waals surface area contributed by atoms with Crippen molar-refractivity contribution in [1.82, 2.24) is 0 Å². The van der Waals surface area contributed by atoms with Gasteiger partial charge >= 0.3 is 0 Å². The van der Waals surface area contributed by atoms with Crippen molar-refractivity contribution in [3.05, 3.63) is 211 Å². The monoisotopic (exact) mass is 713 g/mol. The van der Waals surface area contributed by atoms with Gasteiger partial charge in [0.05, 0.1) is 5.69 Å². The first kappa shape index (κ1) is 32.5. The largest absolute Gasteiger partial charge is 0.310 e. The Morgan fingerprint density at radius 3 is 1.43 bits per heavy atom. The topological polar surface area (TPSA) is 3.24 Å². The second kappa shape index (κ2) is 12.5. The van der Waals surface area contributed by atoms with Crippen LogP contribution in [-0.4, -0.2) is 0 Å². The Balaban J connectivity index is 1.23. The van der Waals surface area contributed by atoms with Crippen molar-refractivity contribution in [3.8, 4) is 66.8 Å². The van der Waals surface area contributed by atoms with E-state index >= 15 is 0 Å². The van der Waals surface area contributed by atoms with Gasteiger partial charge in [0.25, 0.3) is 0 Å². The first-order valence-electron chi connectivity index (χ1n) is 19.6. The van der Waals surface area contributed by atoms with Crippen LogP contribution in [0.3, 0.4) is 0 Å². The molecule has 11 rings (SSSR count). The van der Waals surface area contributed by atoms with Gasteiger partial charge in [0.2, 0.25) is 0 Å². The molecule has 1 heteroatoms. The lowest BCUT2D eigenvalue weighted by Gasteiger charge is -2.30. The van der Waals surface area contributed by atoms with Gasteiger partial charge in [-0.3, -0.25) is 0 Å². The van der Waals surface area contributed by atoms with E-state index in [2.05, 4.69) is 219 Å². The number of rotatable bonds is 5. The molecule has 0 radical (unpaired) electrons. The minimum Gasteiger partial charge on any atom is -0.310 e. The molecule has 9 aromatic rings. The van der Waals surface area contributed by atoms with Crippen LogP contribution in [0.25, 0.3) is 77.5 Å². The zero-order valence-corrected chi connectivity index (χ0v) is 31.5. The van der Waals surface area contributed by atoms with Crippen molar-refractivity contribution in [2.75, 3.05) is 4.90 Å². The van der Waals surface area contributed by atoms with E-state index in [1.807, 2.05) is 0 Å². The highest BCUT2D eigenvalue weighted by Crippen LogP contribution is 2.54. The van der Waals surface area contributed by atoms with Crippen molar-refractivity contribution < 1.29 is 0 Å². The molecule has 0 saturated carbocycles. The van der Waals surface area contributed by atoms with Crippen LogP contribution in [0.4, 0.5) is 17.1 Å². The third-order valence-electron chi connectivity index (χ3n) is 12.2. The Bertz CT molecular complexity index is 2880. The molecule has 0 amide bonds. The fourth-order valence-electron chi connectivity index (χ4n) is 9.53. The van der Waals surface area contributed by atoms with E-state index in [0.717, 1.165) is 17.1 Å². The molecule has 0 spiro atoms. The first-order valence-corrected chi connectivity index (χ1v) is 19.6. The molecule has 0 aromatic heterocycles. The molecule has 0 atom stereocenters. The summed E-state index contributed by atoms with van der Waals surface area (Å²) in [6.45, 7) is 4.74. The van der Waals surface area contributed by atoms with Gasteiger partial charge in [-0.15, -0.1) is 0 Å². The minimum absolute atomic E-state index is 0.139. The average Bonchev–Trinajstić information content (AvgIpc) is 3.41. The maximum absolute atomic E-state index is 2.52. The second-order valence-corrected chi connectivity index (χ2v) is 15.7. The Morgan fingerprint density at radius 2 is 0.804 bits per heavy atom. The molecule has 9 aromatic carbocycles. The third-order valence-corrected chi connectivity index (χ3v) is 12.2. The van der Waals surface area contributed by atoms with E-state index in [9.17, 15) is 0 Å². The number of anilines is 3. The molecule has 0 unspecified atom stereocenters. The van der Waals surface area contributed by atoms with Crippen LogP contribution in [0.5, 0.6) is 0 Å². The Hall–Kier alpha value is -6.96. The first-order chi connectivity index (χ1) is 27.5. The van der Waals surface area contributed by atoms with Gasteiger partial charge in [0.1, 0.15) is 0 Å². The normalized spacial score (nSPS) is 13.0. The van der Waals surface area contributed by atoms with Crippen molar-refractivity contribution >= 4 is 27.8 Å². The molecule has 0 N–H and O–H groups in total. The second-order valence-electron chi connectivity index (χ2n) is 15.7. The molecule has 0 heterocycles. The summed E-state index contributed by atoms with van der Waals surface area (Å²) >= 11 is 0. The average molecular weight is 714 g/mol. The number of benzene rings is 9. The molecule has 56 heavy (non-hydrogen) atoms. The molecule has 2 aliphatic rings. The molecule has 2 aliphatic carbocycles. The van der Waals surface area contributed by atoms with Crippen LogP contribution in [0.15, 0.2) is 200 Å². The zero-order chi connectivity index (χ0) is 37.4. The van der Waals surface area contributed by atoms with E-state index < -0.39 is 0 Å². The molecular formula is C55H39N. The molecule has 0 aliphatic heterocycles. The van der Waals surface area contributed by atoms with Gasteiger partial charge in [-0.05, 0) is 120 Å². The zero-order valence-electron chi connectivity index (χ0n) is 31.5. The highest BCUT2D eigenvalue weighted by Gasteiger charge is 2.36. The molecule has 1 nitrogen and oxygen atoms in total. The summed E-state index contributed by atoms with van der Waals surface area (Å²) in [4.78, 5) is 2.52. The van der Waals surface area contributed by atoms with Crippen LogP contribution in [0, 0.1) is 0 Å². The number of hydrogen-bond acceptors (Lipinski definition) is 1. The fourth-order valence-corrected chi connectivity index (χ4v) is 9.53. The standard InChI is InChI=1S/C55H39N/c1-55(2)51-27-14-13-24-46(51)47-29-28-40(35-52(47)55)56(41-33-38(36-16-5-3-6-17-36)32-39(34-41)37-18-7-4-8-19-37)53-31-30-49-45-23-12-10-21-43(45)42-20-9-11-22-44(42)48-25-15-26-50(53)54(48)49/h3-35H,1-2H3. The number of hydrogen-bond donors (Lipinski definition) is 0. The minimum atomic E-state index is -0.139. The SMILES string of the molecule is CC1(C)c2ccccc2-c2ccc(N(c3cc(-c4ccccc4)cc(-c4ccccc4)c3)c3ccc4c5c(cccc35)-c3ccccc3-c3ccccc3-4)cc21. The maximum Gasteiger partial charge on any atom is 0.0540 e. The van der Waals surface area contributed by atoms with E-state index in [1.54, 1.807) is 0 Å². The van der Waals surface area contributed by atoms with E-state index in [4.69, 9.17) is 0 Å². The summed E-state index contributed by atoms with van der Waals surface area (Å²) in [5.41, 5.74) is 21.0. The summed E-state index contributed by atoms with van der Waals surface area (Å²) in [7, 11) is 0. The molecule has 0 saturated heterocycles. The summed E-state index contributed by atoms with van der Waals surface area (Å²) in [5.74, 6) is 0. The lowest BCUT2D eigenvalue weighted by atomic mass is 9.82. The highest BCUT2D eigenvalue weighted by atomic mass is 15.1. The van der Waals surface area contributed by atoms with Crippen LogP contribution in [-0.2, 0) is 5.41 Å². The predicted octanol–water partition coefficient (Wildman–Crippen LogP) is 15.3. The molecule has 0 bridgehead atoms. The van der Waals surface area contributed by atoms with Crippen LogP contribution < -0.4 is 4.90 Å². The quantitative estimate of drug-likeness (QED) is 0.172. The predicted molar refractivity (Wildman–Crippen MR) is 237 cm³/mol. The van der Waals surface area contributed by atoms with E-state index in [-0.39, 0.29) is 5.41 Å². The van der Waals surface area contributed by atoms with Gasteiger partial charge in [0, 0.05) is 22.2 Å². The van der Waals surface area contributed by atoms with Crippen molar-refractivity contribution in [2.24, 2.45) is 0 Å². The van der Waals surface area contributed by atoms with Gasteiger partial charge in [-0.2, -0.15) is 0 Å². The molecule has 264 valence electrons. The lowest BCUT2D eigenvalue weighted by molar-refractivity contribution is 0.660. The van der Waals surface area contributed by atoms with Gasteiger partial charge in [0.15, 0.2) is 0 Å². The number of nitrogens with zero attached hydrogens (tertiary/aromatic N) is 1. The Morgan fingerprint density at radius 1 is 0.321 bits per heavy atom. The third kappa shape index (κ3) is 4.94. The summed E-state index contributed by atoms with van der Waals surface area (Å²) in [5, 5.41) is 2.50. The van der Waals surface area contributed by atoms with Gasteiger partial charge in [-0.25, -0.2) is 0 Å². The van der Waals surface area contributed by atoms with Crippen LogP contribution >= 0.6 is 0 Å². The number of fused-ring (bicyclic) bond motifs is 8. The van der Waals surface area contributed by atoms with Crippen molar-refractivity contribution in [3.63, 3.8) is 0 Å². The smallest absolute Gasteiger partial charge is 0.0540 e. The van der Waals surface area contributed by atoms with Gasteiger partial charge < -0.3 is 4.90 Å². The molecule has 0 fully saturated rings. The highest BCUT2D eigenvalue weighted by molar-refractivity contribution is 6.17. The Labute approximate surface area is 328 Å². The summed E-state index contributed by atoms with van der Waals surface area (Å²) < 4.78 is 0. The maximum atomic E-state index is 2.52. The Kier molecular flexibility index (Phi) is 7.28. The van der Waals surface area contributed by atoms with Crippen LogP contribution in [0.2, 0.25) is 0 Å². The van der Waals surface area contributed by atoms with Crippen LogP contribution in [0.1, 0.15) is 25.0 Å². The fraction of sp³-hybridized carbons (Fsp3) is 0.0545. The molecular weight excluding hydrogens is 675 g/mol. The van der Waals surface area contributed by atoms with Crippen molar-refractivity contribution in [2.45, 2.75) is 19.3 Å². The van der Waals surface area contributed by atoms with Crippen molar-refractivity contribution in [1.29, 1.82) is 0 Å². The summed E-state index contributed by atoms with van der Waals surface area (Å²) in [6.07, 6.45) is 0. The lowest BCUT2D eigenvalue weighted by Crippen LogP contribution is -2.16. The van der Waals surface area contributed by atoms with Gasteiger partial charge in [-0.1, -0.05) is 178 Å².